The highest BCUT2D eigenvalue weighted by Gasteiger charge is 2.41. The van der Waals surface area contributed by atoms with Gasteiger partial charge in [-0.15, -0.1) is 0 Å². The summed E-state index contributed by atoms with van der Waals surface area (Å²) in [5, 5.41) is 8.20. The average molecular weight is 624 g/mol. The van der Waals surface area contributed by atoms with Crippen molar-refractivity contribution in [2.75, 3.05) is 0 Å². The number of carbonyl (C=O) groups is 2. The number of ether oxygens (including phenoxy) is 3. The van der Waals surface area contributed by atoms with E-state index >= 15 is 0 Å². The van der Waals surface area contributed by atoms with Crippen molar-refractivity contribution in [3.63, 3.8) is 0 Å². The minimum Gasteiger partial charge on any atom is -0.489 e. The van der Waals surface area contributed by atoms with Crippen LogP contribution in [0, 0.1) is 5.82 Å². The third-order valence-corrected chi connectivity index (χ3v) is 7.41. The van der Waals surface area contributed by atoms with Crippen molar-refractivity contribution in [3.05, 3.63) is 125 Å². The summed E-state index contributed by atoms with van der Waals surface area (Å²) < 4.78 is 32.4. The van der Waals surface area contributed by atoms with E-state index < -0.39 is 17.9 Å². The molecule has 46 heavy (non-hydrogen) atoms. The Morgan fingerprint density at radius 2 is 1.39 bits per heavy atom. The molecule has 0 bridgehead atoms. The first-order valence-electron chi connectivity index (χ1n) is 15.2. The second-order valence-electron chi connectivity index (χ2n) is 11.7. The quantitative estimate of drug-likeness (QED) is 0.184. The van der Waals surface area contributed by atoms with E-state index in [1.54, 1.807) is 58.4 Å². The van der Waals surface area contributed by atoms with Gasteiger partial charge < -0.3 is 19.5 Å². The lowest BCUT2D eigenvalue weighted by molar-refractivity contribution is -0.143. The Bertz CT molecular complexity index is 1730. The highest BCUT2D eigenvalue weighted by molar-refractivity contribution is 6.00. The van der Waals surface area contributed by atoms with Gasteiger partial charge in [0.15, 0.2) is 0 Å². The average Bonchev–Trinajstić information content (AvgIpc) is 3.45. The minimum absolute atomic E-state index is 0.277. The molecular weight excluding hydrogens is 585 g/mol. The standard InChI is InChI=1S/C37H38FN3O5/c1-22(2)45-36(42)32-24(5)39-25(6)33(37(43)46-23(3)4)34(32)31-20-41(29-10-8-7-9-11-29)40-35(31)27-14-18-30(19-15-27)44-21-26-12-16-28(38)17-13-26/h7-20,22-23,34,39H,21H2,1-6H3. The van der Waals surface area contributed by atoms with E-state index in [0.29, 0.717) is 39.5 Å². The molecule has 0 atom stereocenters. The molecule has 2 heterocycles. The molecule has 0 radical (unpaired) electrons. The zero-order chi connectivity index (χ0) is 33.0. The lowest BCUT2D eigenvalue weighted by atomic mass is 9.79. The third-order valence-electron chi connectivity index (χ3n) is 7.41. The van der Waals surface area contributed by atoms with Crippen molar-refractivity contribution in [2.24, 2.45) is 0 Å². The summed E-state index contributed by atoms with van der Waals surface area (Å²) in [6.07, 6.45) is 1.10. The Morgan fingerprint density at radius 3 is 1.93 bits per heavy atom. The molecule has 1 aliphatic heterocycles. The number of benzene rings is 3. The predicted molar refractivity (Wildman–Crippen MR) is 173 cm³/mol. The van der Waals surface area contributed by atoms with Crippen LogP contribution in [0.25, 0.3) is 16.9 Å². The van der Waals surface area contributed by atoms with Gasteiger partial charge in [-0.1, -0.05) is 30.3 Å². The minimum atomic E-state index is -0.833. The molecule has 3 aromatic carbocycles. The highest BCUT2D eigenvalue weighted by Crippen LogP contribution is 2.43. The largest absolute Gasteiger partial charge is 0.489 e. The van der Waals surface area contributed by atoms with Gasteiger partial charge in [-0.05, 0) is 95.6 Å². The van der Waals surface area contributed by atoms with Crippen molar-refractivity contribution in [1.29, 1.82) is 0 Å². The summed E-state index contributed by atoms with van der Waals surface area (Å²) in [6.45, 7) is 11.0. The molecule has 8 nitrogen and oxygen atoms in total. The van der Waals surface area contributed by atoms with Crippen LogP contribution in [-0.4, -0.2) is 33.9 Å². The second kappa shape index (κ2) is 13.9. The van der Waals surface area contributed by atoms with Gasteiger partial charge in [-0.3, -0.25) is 0 Å². The molecule has 0 fully saturated rings. The lowest BCUT2D eigenvalue weighted by Gasteiger charge is -2.31. The summed E-state index contributed by atoms with van der Waals surface area (Å²) in [4.78, 5) is 27.4. The lowest BCUT2D eigenvalue weighted by Crippen LogP contribution is -2.33. The monoisotopic (exact) mass is 623 g/mol. The summed E-state index contributed by atoms with van der Waals surface area (Å²) in [6, 6.07) is 23.2. The Morgan fingerprint density at radius 1 is 0.826 bits per heavy atom. The number of allylic oxidation sites excluding steroid dienone is 2. The van der Waals surface area contributed by atoms with Gasteiger partial charge in [0.05, 0.1) is 40.7 Å². The van der Waals surface area contributed by atoms with Crippen LogP contribution in [0.5, 0.6) is 5.75 Å². The van der Waals surface area contributed by atoms with E-state index in [9.17, 15) is 14.0 Å². The van der Waals surface area contributed by atoms with Gasteiger partial charge in [0.2, 0.25) is 0 Å². The van der Waals surface area contributed by atoms with Crippen LogP contribution in [0.15, 0.2) is 108 Å². The first-order valence-corrected chi connectivity index (χ1v) is 15.2. The fraction of sp³-hybridized carbons (Fsp3) is 0.270. The zero-order valence-corrected chi connectivity index (χ0v) is 26.8. The van der Waals surface area contributed by atoms with Gasteiger partial charge >= 0.3 is 11.9 Å². The molecule has 0 amide bonds. The van der Waals surface area contributed by atoms with E-state index in [0.717, 1.165) is 16.8 Å². The maximum Gasteiger partial charge on any atom is 0.337 e. The smallest absolute Gasteiger partial charge is 0.337 e. The number of nitrogens with zero attached hydrogens (tertiary/aromatic N) is 2. The molecule has 0 saturated heterocycles. The molecule has 4 aromatic rings. The van der Waals surface area contributed by atoms with Crippen molar-refractivity contribution in [1.82, 2.24) is 15.1 Å². The van der Waals surface area contributed by atoms with E-state index in [1.807, 2.05) is 60.8 Å². The molecule has 238 valence electrons. The van der Waals surface area contributed by atoms with Crippen LogP contribution in [0.4, 0.5) is 4.39 Å². The van der Waals surface area contributed by atoms with Gasteiger partial charge in [0.25, 0.3) is 0 Å². The number of dihydropyridines is 1. The number of carbonyl (C=O) groups excluding carboxylic acids is 2. The molecule has 5 rings (SSSR count). The summed E-state index contributed by atoms with van der Waals surface area (Å²) in [7, 11) is 0. The number of aromatic nitrogens is 2. The van der Waals surface area contributed by atoms with E-state index in [4.69, 9.17) is 19.3 Å². The molecule has 1 aliphatic rings. The van der Waals surface area contributed by atoms with Crippen molar-refractivity contribution < 1.29 is 28.2 Å². The first kappa shape index (κ1) is 32.2. The summed E-state index contributed by atoms with van der Waals surface area (Å²) in [5.74, 6) is -1.58. The molecule has 0 aliphatic carbocycles. The molecule has 9 heteroatoms. The number of hydrogen-bond acceptors (Lipinski definition) is 7. The number of hydrogen-bond donors (Lipinski definition) is 1. The normalized spacial score (nSPS) is 13.7. The maximum absolute atomic E-state index is 13.7. The van der Waals surface area contributed by atoms with Crippen molar-refractivity contribution in [2.45, 2.75) is 66.3 Å². The number of para-hydroxylation sites is 1. The molecule has 0 saturated carbocycles. The van der Waals surface area contributed by atoms with Crippen LogP contribution in [0.3, 0.4) is 0 Å². The number of rotatable bonds is 10. The van der Waals surface area contributed by atoms with Gasteiger partial charge in [-0.25, -0.2) is 18.7 Å². The zero-order valence-electron chi connectivity index (χ0n) is 26.8. The van der Waals surface area contributed by atoms with Crippen LogP contribution in [0.2, 0.25) is 0 Å². The fourth-order valence-electron chi connectivity index (χ4n) is 5.39. The Kier molecular flexibility index (Phi) is 9.70. The number of halogens is 1. The van der Waals surface area contributed by atoms with Crippen LogP contribution < -0.4 is 10.1 Å². The summed E-state index contributed by atoms with van der Waals surface area (Å²) >= 11 is 0. The van der Waals surface area contributed by atoms with Crippen LogP contribution >= 0.6 is 0 Å². The molecule has 1 aromatic heterocycles. The number of esters is 2. The van der Waals surface area contributed by atoms with E-state index in [1.165, 1.54) is 12.1 Å². The van der Waals surface area contributed by atoms with Crippen LogP contribution in [-0.2, 0) is 25.7 Å². The first-order chi connectivity index (χ1) is 22.0. The Hall–Kier alpha value is -5.18. The van der Waals surface area contributed by atoms with Gasteiger partial charge in [0.1, 0.15) is 18.2 Å². The maximum atomic E-state index is 13.7. The fourth-order valence-corrected chi connectivity index (χ4v) is 5.39. The van der Waals surface area contributed by atoms with Crippen LogP contribution in [0.1, 0.15) is 58.6 Å². The van der Waals surface area contributed by atoms with Gasteiger partial charge in [-0.2, -0.15) is 5.10 Å². The summed E-state index contributed by atoms with van der Waals surface area (Å²) in [5.41, 5.74) is 5.39. The van der Waals surface area contributed by atoms with Crippen molar-refractivity contribution >= 4 is 11.9 Å². The molecule has 1 N–H and O–H groups in total. The predicted octanol–water partition coefficient (Wildman–Crippen LogP) is 7.40. The highest BCUT2D eigenvalue weighted by atomic mass is 19.1. The Labute approximate surface area is 268 Å². The topological polar surface area (TPSA) is 91.7 Å². The van der Waals surface area contributed by atoms with E-state index in [2.05, 4.69) is 5.32 Å². The molecular formula is C37H38FN3O5. The SMILES string of the molecule is CC1=C(C(=O)OC(C)C)C(c2cn(-c3ccccc3)nc2-c2ccc(OCc3ccc(F)cc3)cc2)C(C(=O)OC(C)C)=C(C)N1. The number of nitrogens with one attached hydrogen (secondary N) is 1. The molecule has 0 spiro atoms. The Balaban J connectivity index is 1.62. The second-order valence-corrected chi connectivity index (χ2v) is 11.7. The van der Waals surface area contributed by atoms with Crippen molar-refractivity contribution in [3.8, 4) is 22.7 Å². The molecule has 0 unspecified atom stereocenters. The third kappa shape index (κ3) is 7.20. The van der Waals surface area contributed by atoms with Gasteiger partial charge in [0, 0.05) is 28.7 Å². The van der Waals surface area contributed by atoms with E-state index in [-0.39, 0.29) is 24.6 Å².